The van der Waals surface area contributed by atoms with Crippen LogP contribution in [-0.4, -0.2) is 23.7 Å². The van der Waals surface area contributed by atoms with Crippen LogP contribution in [0.1, 0.15) is 30.6 Å². The van der Waals surface area contributed by atoms with E-state index in [1.807, 2.05) is 13.8 Å². The normalized spacial score (nSPS) is 14.1. The molecule has 0 bridgehead atoms. The van der Waals surface area contributed by atoms with Crippen LogP contribution in [0.4, 0.5) is 0 Å². The van der Waals surface area contributed by atoms with Crippen LogP contribution in [-0.2, 0) is 0 Å². The lowest BCUT2D eigenvalue weighted by Crippen LogP contribution is -2.35. The van der Waals surface area contributed by atoms with E-state index in [0.717, 1.165) is 6.42 Å². The SMILES string of the molecule is CCC(C)C(O)CNC(=O)c1ccccc1Cl. The van der Waals surface area contributed by atoms with Crippen molar-refractivity contribution in [3.05, 3.63) is 34.9 Å². The molecular weight excluding hydrogens is 238 g/mol. The number of hydrogen-bond donors (Lipinski definition) is 2. The van der Waals surface area contributed by atoms with Gasteiger partial charge in [0.1, 0.15) is 0 Å². The monoisotopic (exact) mass is 255 g/mol. The number of rotatable bonds is 5. The van der Waals surface area contributed by atoms with Crippen molar-refractivity contribution in [3.63, 3.8) is 0 Å². The maximum absolute atomic E-state index is 11.8. The van der Waals surface area contributed by atoms with E-state index in [9.17, 15) is 9.90 Å². The quantitative estimate of drug-likeness (QED) is 0.849. The highest BCUT2D eigenvalue weighted by atomic mass is 35.5. The van der Waals surface area contributed by atoms with Gasteiger partial charge in [0, 0.05) is 6.54 Å². The number of aliphatic hydroxyl groups excluding tert-OH is 1. The minimum Gasteiger partial charge on any atom is -0.391 e. The van der Waals surface area contributed by atoms with Gasteiger partial charge in [-0.3, -0.25) is 4.79 Å². The first-order chi connectivity index (χ1) is 8.06. The second-order valence-corrected chi connectivity index (χ2v) is 4.55. The predicted octanol–water partition coefficient (Wildman–Crippen LogP) is 2.48. The van der Waals surface area contributed by atoms with Crippen molar-refractivity contribution >= 4 is 17.5 Å². The van der Waals surface area contributed by atoms with Gasteiger partial charge >= 0.3 is 0 Å². The third-order valence-electron chi connectivity index (χ3n) is 2.89. The Labute approximate surface area is 107 Å². The molecule has 0 saturated heterocycles. The van der Waals surface area contributed by atoms with Crippen LogP contribution >= 0.6 is 11.6 Å². The molecule has 1 amide bonds. The number of halogens is 1. The number of aliphatic hydroxyl groups is 1. The lowest BCUT2D eigenvalue weighted by atomic mass is 10.0. The Kier molecular flexibility index (Phi) is 5.45. The summed E-state index contributed by atoms with van der Waals surface area (Å²) in [6.45, 7) is 4.20. The zero-order chi connectivity index (χ0) is 12.8. The number of nitrogens with one attached hydrogen (secondary N) is 1. The molecule has 4 heteroatoms. The Morgan fingerprint density at radius 3 is 2.71 bits per heavy atom. The molecule has 2 atom stereocenters. The molecule has 0 saturated carbocycles. The summed E-state index contributed by atoms with van der Waals surface area (Å²) in [5.41, 5.74) is 0.436. The molecule has 1 aromatic carbocycles. The van der Waals surface area contributed by atoms with Crippen LogP contribution in [0.5, 0.6) is 0 Å². The second-order valence-electron chi connectivity index (χ2n) is 4.14. The Bertz CT molecular complexity index is 381. The van der Waals surface area contributed by atoms with E-state index in [1.165, 1.54) is 0 Å². The molecule has 0 aliphatic rings. The van der Waals surface area contributed by atoms with Crippen molar-refractivity contribution in [2.45, 2.75) is 26.4 Å². The van der Waals surface area contributed by atoms with Gasteiger partial charge in [0.25, 0.3) is 5.91 Å². The summed E-state index contributed by atoms with van der Waals surface area (Å²) in [7, 11) is 0. The van der Waals surface area contributed by atoms with Crippen molar-refractivity contribution in [1.29, 1.82) is 0 Å². The van der Waals surface area contributed by atoms with Crippen LogP contribution in [0, 0.1) is 5.92 Å². The number of carbonyl (C=O) groups is 1. The summed E-state index contributed by atoms with van der Waals surface area (Å²) in [6.07, 6.45) is 0.356. The topological polar surface area (TPSA) is 49.3 Å². The van der Waals surface area contributed by atoms with Crippen molar-refractivity contribution in [2.24, 2.45) is 5.92 Å². The molecule has 1 aromatic rings. The molecule has 17 heavy (non-hydrogen) atoms. The summed E-state index contributed by atoms with van der Waals surface area (Å²) < 4.78 is 0. The zero-order valence-corrected chi connectivity index (χ0v) is 10.9. The van der Waals surface area contributed by atoms with Crippen molar-refractivity contribution < 1.29 is 9.90 Å². The summed E-state index contributed by atoms with van der Waals surface area (Å²) in [5, 5.41) is 12.8. The fourth-order valence-electron chi connectivity index (χ4n) is 1.41. The fraction of sp³-hybridized carbons (Fsp3) is 0.462. The van der Waals surface area contributed by atoms with Gasteiger partial charge in [0.2, 0.25) is 0 Å². The molecule has 3 nitrogen and oxygen atoms in total. The average molecular weight is 256 g/mol. The first-order valence-electron chi connectivity index (χ1n) is 5.77. The van der Waals surface area contributed by atoms with Crippen molar-refractivity contribution in [1.82, 2.24) is 5.32 Å². The molecule has 2 N–H and O–H groups in total. The molecule has 94 valence electrons. The molecule has 0 radical (unpaired) electrons. The predicted molar refractivity (Wildman–Crippen MR) is 69.2 cm³/mol. The minimum absolute atomic E-state index is 0.168. The Morgan fingerprint density at radius 1 is 1.47 bits per heavy atom. The van der Waals surface area contributed by atoms with Gasteiger partial charge in [-0.15, -0.1) is 0 Å². The second kappa shape index (κ2) is 6.62. The van der Waals surface area contributed by atoms with Gasteiger partial charge in [0.05, 0.1) is 16.7 Å². The number of hydrogen-bond acceptors (Lipinski definition) is 2. The third kappa shape index (κ3) is 4.02. The van der Waals surface area contributed by atoms with Gasteiger partial charge in [0.15, 0.2) is 0 Å². The van der Waals surface area contributed by atoms with Crippen LogP contribution < -0.4 is 5.32 Å². The highest BCUT2D eigenvalue weighted by Gasteiger charge is 2.15. The molecule has 0 heterocycles. The highest BCUT2D eigenvalue weighted by Crippen LogP contribution is 2.14. The van der Waals surface area contributed by atoms with Gasteiger partial charge in [-0.05, 0) is 18.1 Å². The van der Waals surface area contributed by atoms with E-state index >= 15 is 0 Å². The van der Waals surface area contributed by atoms with E-state index in [2.05, 4.69) is 5.32 Å². The van der Waals surface area contributed by atoms with Crippen LogP contribution in [0.25, 0.3) is 0 Å². The number of amides is 1. The van der Waals surface area contributed by atoms with Gasteiger partial charge < -0.3 is 10.4 Å². The molecule has 0 aliphatic carbocycles. The summed E-state index contributed by atoms with van der Waals surface area (Å²) >= 11 is 5.90. The summed E-state index contributed by atoms with van der Waals surface area (Å²) in [6, 6.07) is 6.86. The van der Waals surface area contributed by atoms with Crippen molar-refractivity contribution in [2.75, 3.05) is 6.54 Å². The van der Waals surface area contributed by atoms with Crippen LogP contribution in [0.15, 0.2) is 24.3 Å². The fourth-order valence-corrected chi connectivity index (χ4v) is 1.63. The maximum atomic E-state index is 11.8. The van der Waals surface area contributed by atoms with Gasteiger partial charge in [-0.1, -0.05) is 44.0 Å². The van der Waals surface area contributed by atoms with E-state index in [4.69, 9.17) is 11.6 Å². The smallest absolute Gasteiger partial charge is 0.252 e. The lowest BCUT2D eigenvalue weighted by molar-refractivity contribution is 0.0850. The summed E-state index contributed by atoms with van der Waals surface area (Å²) in [5.74, 6) is -0.0838. The standard InChI is InChI=1S/C13H18ClNO2/c1-3-9(2)12(16)8-15-13(17)10-6-4-5-7-11(10)14/h4-7,9,12,16H,3,8H2,1-2H3,(H,15,17). The largest absolute Gasteiger partial charge is 0.391 e. The molecule has 0 fully saturated rings. The van der Waals surface area contributed by atoms with Gasteiger partial charge in [-0.2, -0.15) is 0 Å². The molecular formula is C13H18ClNO2. The van der Waals surface area contributed by atoms with E-state index < -0.39 is 6.10 Å². The first-order valence-corrected chi connectivity index (χ1v) is 6.14. The van der Waals surface area contributed by atoms with E-state index in [-0.39, 0.29) is 18.4 Å². The van der Waals surface area contributed by atoms with Crippen molar-refractivity contribution in [3.8, 4) is 0 Å². The highest BCUT2D eigenvalue weighted by molar-refractivity contribution is 6.33. The summed E-state index contributed by atoms with van der Waals surface area (Å²) in [4.78, 5) is 11.8. The molecule has 0 spiro atoms. The molecule has 1 rings (SSSR count). The minimum atomic E-state index is -0.522. The van der Waals surface area contributed by atoms with Crippen LogP contribution in [0.3, 0.4) is 0 Å². The van der Waals surface area contributed by atoms with E-state index in [0.29, 0.717) is 10.6 Å². The van der Waals surface area contributed by atoms with Crippen LogP contribution in [0.2, 0.25) is 5.02 Å². The van der Waals surface area contributed by atoms with E-state index in [1.54, 1.807) is 24.3 Å². The maximum Gasteiger partial charge on any atom is 0.252 e. The molecule has 0 aliphatic heterocycles. The lowest BCUT2D eigenvalue weighted by Gasteiger charge is -2.17. The number of carbonyl (C=O) groups excluding carboxylic acids is 1. The Hall–Kier alpha value is -1.06. The third-order valence-corrected chi connectivity index (χ3v) is 3.22. The Morgan fingerprint density at radius 2 is 2.12 bits per heavy atom. The zero-order valence-electron chi connectivity index (χ0n) is 10.1. The first kappa shape index (κ1) is 14.0. The van der Waals surface area contributed by atoms with Gasteiger partial charge in [-0.25, -0.2) is 0 Å². The molecule has 0 aromatic heterocycles. The number of benzene rings is 1. The molecule has 2 unspecified atom stereocenters. The Balaban J connectivity index is 2.54. The average Bonchev–Trinajstić information content (AvgIpc) is 2.35.